The summed E-state index contributed by atoms with van der Waals surface area (Å²) in [6.45, 7) is 10.1. The lowest BCUT2D eigenvalue weighted by Gasteiger charge is -2.55. The average molecular weight is 295 g/mol. The van der Waals surface area contributed by atoms with Gasteiger partial charge in [0, 0.05) is 6.61 Å². The number of hydrogen-bond acceptors (Lipinski definition) is 2. The Bertz CT molecular complexity index is 403. The van der Waals surface area contributed by atoms with Crippen molar-refractivity contribution in [2.75, 3.05) is 6.61 Å². The molecule has 1 atom stereocenters. The summed E-state index contributed by atoms with van der Waals surface area (Å²) < 4.78 is 0. The minimum Gasteiger partial charge on any atom is -0.849 e. The lowest BCUT2D eigenvalue weighted by Crippen LogP contribution is -2.56. The molecule has 0 aliphatic rings. The standard InChI is InChI=1S/C18H29O2.H3N/c1-16(2,3)14-18(11-12-19,17(4,5)20)13-15-9-7-6-8-10-15;/h6-10,19H,11-14H2,1-5H3;1H3/q-1;/p+1. The van der Waals surface area contributed by atoms with Gasteiger partial charge >= 0.3 is 0 Å². The van der Waals surface area contributed by atoms with Crippen LogP contribution in [0.25, 0.3) is 0 Å². The van der Waals surface area contributed by atoms with Crippen molar-refractivity contribution in [2.45, 2.75) is 59.5 Å². The van der Waals surface area contributed by atoms with Crippen LogP contribution in [0.15, 0.2) is 30.3 Å². The largest absolute Gasteiger partial charge is 0.849 e. The molecule has 3 heteroatoms. The third-order valence-corrected chi connectivity index (χ3v) is 4.12. The molecule has 1 unspecified atom stereocenters. The molecule has 0 saturated heterocycles. The zero-order valence-corrected chi connectivity index (χ0v) is 14.6. The van der Waals surface area contributed by atoms with Crippen LogP contribution in [0.4, 0.5) is 0 Å². The Labute approximate surface area is 130 Å². The molecule has 1 aromatic carbocycles. The van der Waals surface area contributed by atoms with E-state index in [1.807, 2.05) is 18.2 Å². The van der Waals surface area contributed by atoms with Crippen molar-refractivity contribution in [3.63, 3.8) is 0 Å². The summed E-state index contributed by atoms with van der Waals surface area (Å²) in [4.78, 5) is 0. The number of quaternary nitrogens is 1. The van der Waals surface area contributed by atoms with E-state index >= 15 is 0 Å². The van der Waals surface area contributed by atoms with Gasteiger partial charge < -0.3 is 16.4 Å². The summed E-state index contributed by atoms with van der Waals surface area (Å²) in [5.41, 5.74) is -0.277. The zero-order valence-electron chi connectivity index (χ0n) is 14.6. The summed E-state index contributed by atoms with van der Waals surface area (Å²) in [7, 11) is 0. The second-order valence-corrected chi connectivity index (χ2v) is 7.66. The van der Waals surface area contributed by atoms with Gasteiger partial charge in [-0.2, -0.15) is 0 Å². The van der Waals surface area contributed by atoms with Crippen LogP contribution in [0.1, 0.15) is 53.0 Å². The molecular weight excluding hydrogens is 262 g/mol. The third-order valence-electron chi connectivity index (χ3n) is 4.12. The molecular formula is C18H33NO2. The Morgan fingerprint density at radius 3 is 1.90 bits per heavy atom. The normalized spacial score (nSPS) is 15.2. The predicted octanol–water partition coefficient (Wildman–Crippen LogP) is 3.55. The Hall–Kier alpha value is -0.900. The lowest BCUT2D eigenvalue weighted by atomic mass is 9.61. The van der Waals surface area contributed by atoms with Crippen LogP contribution in [0, 0.1) is 10.8 Å². The smallest absolute Gasteiger partial charge is 0.0436 e. The monoisotopic (exact) mass is 295 g/mol. The first-order valence-electron chi connectivity index (χ1n) is 7.45. The van der Waals surface area contributed by atoms with E-state index in [2.05, 4.69) is 32.9 Å². The topological polar surface area (TPSA) is 79.8 Å². The maximum Gasteiger partial charge on any atom is 0.0436 e. The van der Waals surface area contributed by atoms with Gasteiger partial charge in [0.15, 0.2) is 0 Å². The molecule has 21 heavy (non-hydrogen) atoms. The van der Waals surface area contributed by atoms with Gasteiger partial charge in [0.25, 0.3) is 0 Å². The maximum absolute atomic E-state index is 12.9. The molecule has 0 spiro atoms. The molecule has 1 rings (SSSR count). The van der Waals surface area contributed by atoms with E-state index in [1.165, 1.54) is 5.56 Å². The van der Waals surface area contributed by atoms with Gasteiger partial charge in [-0.25, -0.2) is 0 Å². The fourth-order valence-corrected chi connectivity index (χ4v) is 3.18. The minimum absolute atomic E-state index is 0. The molecule has 0 amide bonds. The first-order valence-corrected chi connectivity index (χ1v) is 7.45. The molecule has 0 radical (unpaired) electrons. The number of aliphatic hydroxyl groups is 1. The van der Waals surface area contributed by atoms with Crippen molar-refractivity contribution in [1.29, 1.82) is 0 Å². The summed E-state index contributed by atoms with van der Waals surface area (Å²) in [5, 5.41) is 22.4. The molecule has 0 aromatic heterocycles. The zero-order chi connectivity index (χ0) is 15.4. The average Bonchev–Trinajstić information content (AvgIpc) is 2.26. The van der Waals surface area contributed by atoms with E-state index in [-0.39, 0.29) is 18.2 Å². The summed E-state index contributed by atoms with van der Waals surface area (Å²) in [6.07, 6.45) is 2.09. The van der Waals surface area contributed by atoms with Gasteiger partial charge in [0.2, 0.25) is 0 Å². The van der Waals surface area contributed by atoms with Crippen molar-refractivity contribution in [3.8, 4) is 0 Å². The van der Waals surface area contributed by atoms with Crippen LogP contribution in [0.2, 0.25) is 0 Å². The van der Waals surface area contributed by atoms with Crippen LogP contribution in [-0.4, -0.2) is 17.3 Å². The first kappa shape index (κ1) is 20.1. The fourth-order valence-electron chi connectivity index (χ4n) is 3.18. The Morgan fingerprint density at radius 2 is 1.52 bits per heavy atom. The highest BCUT2D eigenvalue weighted by molar-refractivity contribution is 5.18. The van der Waals surface area contributed by atoms with Gasteiger partial charge in [-0.1, -0.05) is 65.0 Å². The number of rotatable bonds is 6. The second-order valence-electron chi connectivity index (χ2n) is 7.66. The van der Waals surface area contributed by atoms with E-state index in [9.17, 15) is 10.2 Å². The van der Waals surface area contributed by atoms with Gasteiger partial charge in [0.05, 0.1) is 0 Å². The molecule has 5 N–H and O–H groups in total. The quantitative estimate of drug-likeness (QED) is 0.841. The lowest BCUT2D eigenvalue weighted by molar-refractivity contribution is -0.499. The molecule has 0 aliphatic heterocycles. The Morgan fingerprint density at radius 1 is 1.00 bits per heavy atom. The summed E-state index contributed by atoms with van der Waals surface area (Å²) in [5.74, 6) is 0. The van der Waals surface area contributed by atoms with Crippen molar-refractivity contribution < 1.29 is 10.2 Å². The highest BCUT2D eigenvalue weighted by Crippen LogP contribution is 2.45. The highest BCUT2D eigenvalue weighted by atomic mass is 16.3. The van der Waals surface area contributed by atoms with Gasteiger partial charge in [0.1, 0.15) is 0 Å². The molecule has 0 fully saturated rings. The maximum atomic E-state index is 12.9. The first-order chi connectivity index (χ1) is 9.10. The molecule has 0 bridgehead atoms. The minimum atomic E-state index is -1.08. The van der Waals surface area contributed by atoms with Crippen molar-refractivity contribution in [1.82, 2.24) is 6.15 Å². The molecule has 1 aromatic rings. The van der Waals surface area contributed by atoms with Crippen LogP contribution >= 0.6 is 0 Å². The van der Waals surface area contributed by atoms with E-state index in [1.54, 1.807) is 13.8 Å². The van der Waals surface area contributed by atoms with Crippen LogP contribution < -0.4 is 11.3 Å². The van der Waals surface area contributed by atoms with Crippen LogP contribution in [0.3, 0.4) is 0 Å². The summed E-state index contributed by atoms with van der Waals surface area (Å²) >= 11 is 0. The Kier molecular flexibility index (Phi) is 7.07. The molecule has 122 valence electrons. The highest BCUT2D eigenvalue weighted by Gasteiger charge is 2.39. The second kappa shape index (κ2) is 7.39. The molecule has 0 saturated carbocycles. The molecule has 0 heterocycles. The van der Waals surface area contributed by atoms with Gasteiger partial charge in [-0.3, -0.25) is 0 Å². The van der Waals surface area contributed by atoms with E-state index in [4.69, 9.17) is 0 Å². The van der Waals surface area contributed by atoms with Crippen LogP contribution in [-0.2, 0) is 6.42 Å². The SMILES string of the molecule is CC(C)(C)CC(CCO)(Cc1ccccc1)C(C)(C)[O-].[NH4+]. The van der Waals surface area contributed by atoms with Crippen LogP contribution in [0.5, 0.6) is 0 Å². The fraction of sp³-hybridized carbons (Fsp3) is 0.667. The van der Waals surface area contributed by atoms with Crippen molar-refractivity contribution in [3.05, 3.63) is 35.9 Å². The Balaban J connectivity index is 0.00000400. The molecule has 0 aliphatic carbocycles. The van der Waals surface area contributed by atoms with Crippen molar-refractivity contribution >= 4 is 0 Å². The molecule has 3 nitrogen and oxygen atoms in total. The van der Waals surface area contributed by atoms with E-state index in [0.29, 0.717) is 6.42 Å². The summed E-state index contributed by atoms with van der Waals surface area (Å²) in [6, 6.07) is 10.1. The number of aliphatic hydroxyl groups excluding tert-OH is 1. The van der Waals surface area contributed by atoms with E-state index < -0.39 is 11.0 Å². The third kappa shape index (κ3) is 5.77. The predicted molar refractivity (Wildman–Crippen MR) is 88.4 cm³/mol. The van der Waals surface area contributed by atoms with Gasteiger partial charge in [-0.05, 0) is 35.7 Å². The van der Waals surface area contributed by atoms with E-state index in [0.717, 1.165) is 12.8 Å². The number of benzene rings is 1. The van der Waals surface area contributed by atoms with Gasteiger partial charge in [-0.15, -0.1) is 5.60 Å². The number of hydrogen-bond donors (Lipinski definition) is 2. The van der Waals surface area contributed by atoms with Crippen molar-refractivity contribution in [2.24, 2.45) is 10.8 Å².